The molecule has 0 spiro atoms. The summed E-state index contributed by atoms with van der Waals surface area (Å²) in [6.45, 7) is 0.00922. The minimum absolute atomic E-state index is 0.00922. The van der Waals surface area contributed by atoms with Gasteiger partial charge < -0.3 is 4.42 Å². The molecule has 0 N–H and O–H groups in total. The Balaban J connectivity index is 1.68. The standard InChI is InChI=1S/C21H15F2N3O2/c22-16-6-9-20(19(23)13-16)25(14-18-3-1-12-28-18)21(27)15-4-7-17(8-5-15)26-11-2-10-24-26/h1-13H,14H2. The molecule has 0 aliphatic heterocycles. The number of benzene rings is 2. The normalized spacial score (nSPS) is 10.8. The maximum absolute atomic E-state index is 14.4. The smallest absolute Gasteiger partial charge is 0.258 e. The highest BCUT2D eigenvalue weighted by atomic mass is 19.1. The van der Waals surface area contributed by atoms with Crippen LogP contribution in [0.4, 0.5) is 14.5 Å². The summed E-state index contributed by atoms with van der Waals surface area (Å²) in [5.41, 5.74) is 1.11. The molecule has 140 valence electrons. The molecule has 0 saturated heterocycles. The van der Waals surface area contributed by atoms with Gasteiger partial charge >= 0.3 is 0 Å². The lowest BCUT2D eigenvalue weighted by Gasteiger charge is -2.22. The molecule has 28 heavy (non-hydrogen) atoms. The van der Waals surface area contributed by atoms with Gasteiger partial charge in [0.15, 0.2) is 0 Å². The SMILES string of the molecule is O=C(c1ccc(-n2cccn2)cc1)N(Cc1ccco1)c1ccc(F)cc1F. The van der Waals surface area contributed by atoms with Crippen LogP contribution in [0.25, 0.3) is 5.69 Å². The van der Waals surface area contributed by atoms with E-state index in [1.54, 1.807) is 59.5 Å². The van der Waals surface area contributed by atoms with Gasteiger partial charge in [-0.2, -0.15) is 5.10 Å². The van der Waals surface area contributed by atoms with Crippen molar-refractivity contribution in [3.05, 3.63) is 102 Å². The fraction of sp³-hybridized carbons (Fsp3) is 0.0476. The maximum Gasteiger partial charge on any atom is 0.258 e. The van der Waals surface area contributed by atoms with Gasteiger partial charge in [-0.3, -0.25) is 9.69 Å². The Labute approximate surface area is 159 Å². The molecule has 4 rings (SSSR count). The third kappa shape index (κ3) is 3.55. The molecule has 0 bridgehead atoms. The zero-order valence-electron chi connectivity index (χ0n) is 14.6. The lowest BCUT2D eigenvalue weighted by atomic mass is 10.1. The summed E-state index contributed by atoms with van der Waals surface area (Å²) >= 11 is 0. The zero-order valence-corrected chi connectivity index (χ0v) is 14.6. The largest absolute Gasteiger partial charge is 0.467 e. The van der Waals surface area contributed by atoms with Crippen molar-refractivity contribution in [2.24, 2.45) is 0 Å². The Bertz CT molecular complexity index is 1080. The number of halogens is 2. The van der Waals surface area contributed by atoms with E-state index in [4.69, 9.17) is 4.42 Å². The summed E-state index contributed by atoms with van der Waals surface area (Å²) in [6.07, 6.45) is 4.91. The molecular weight excluding hydrogens is 364 g/mol. The third-order valence-corrected chi connectivity index (χ3v) is 4.22. The van der Waals surface area contributed by atoms with Crippen LogP contribution in [0.2, 0.25) is 0 Å². The summed E-state index contributed by atoms with van der Waals surface area (Å²) in [5, 5.41) is 4.14. The number of anilines is 1. The van der Waals surface area contributed by atoms with Gasteiger partial charge in [-0.1, -0.05) is 0 Å². The topological polar surface area (TPSA) is 51.3 Å². The average Bonchev–Trinajstić information content (AvgIpc) is 3.40. The van der Waals surface area contributed by atoms with Crippen LogP contribution in [0.1, 0.15) is 16.1 Å². The van der Waals surface area contributed by atoms with E-state index in [0.717, 1.165) is 17.8 Å². The van der Waals surface area contributed by atoms with E-state index in [2.05, 4.69) is 5.10 Å². The van der Waals surface area contributed by atoms with Gasteiger partial charge in [0.1, 0.15) is 17.4 Å². The number of hydrogen-bond donors (Lipinski definition) is 0. The number of furan rings is 1. The van der Waals surface area contributed by atoms with Crippen LogP contribution in [0, 0.1) is 11.6 Å². The van der Waals surface area contributed by atoms with Crippen molar-refractivity contribution in [3.8, 4) is 5.69 Å². The molecule has 0 aliphatic rings. The van der Waals surface area contributed by atoms with E-state index >= 15 is 0 Å². The highest BCUT2D eigenvalue weighted by molar-refractivity contribution is 6.06. The molecule has 0 fully saturated rings. The fourth-order valence-corrected chi connectivity index (χ4v) is 2.86. The van der Waals surface area contributed by atoms with E-state index < -0.39 is 17.5 Å². The van der Waals surface area contributed by atoms with Gasteiger partial charge in [0.05, 0.1) is 24.2 Å². The Hall–Kier alpha value is -3.74. The first-order chi connectivity index (χ1) is 13.6. The molecule has 0 saturated carbocycles. The highest BCUT2D eigenvalue weighted by Gasteiger charge is 2.22. The first-order valence-electron chi connectivity index (χ1n) is 8.51. The average molecular weight is 379 g/mol. The lowest BCUT2D eigenvalue weighted by molar-refractivity contribution is 0.0982. The highest BCUT2D eigenvalue weighted by Crippen LogP contribution is 2.25. The number of hydrogen-bond acceptors (Lipinski definition) is 3. The van der Waals surface area contributed by atoms with Crippen LogP contribution in [0.3, 0.4) is 0 Å². The van der Waals surface area contributed by atoms with Gasteiger partial charge in [0.2, 0.25) is 0 Å². The molecule has 0 unspecified atom stereocenters. The quantitative estimate of drug-likeness (QED) is 0.510. The van der Waals surface area contributed by atoms with Crippen LogP contribution in [0.5, 0.6) is 0 Å². The van der Waals surface area contributed by atoms with Crippen LogP contribution in [0.15, 0.2) is 83.7 Å². The van der Waals surface area contributed by atoms with Crippen molar-refractivity contribution in [2.75, 3.05) is 4.90 Å². The second-order valence-corrected chi connectivity index (χ2v) is 6.06. The van der Waals surface area contributed by atoms with Crippen molar-refractivity contribution in [3.63, 3.8) is 0 Å². The Morgan fingerprint density at radius 2 is 1.89 bits per heavy atom. The van der Waals surface area contributed by atoms with Gasteiger partial charge in [0.25, 0.3) is 5.91 Å². The van der Waals surface area contributed by atoms with E-state index in [9.17, 15) is 13.6 Å². The molecule has 5 nitrogen and oxygen atoms in total. The Morgan fingerprint density at radius 1 is 1.07 bits per heavy atom. The summed E-state index contributed by atoms with van der Waals surface area (Å²) in [6, 6.07) is 15.0. The molecule has 2 aromatic carbocycles. The van der Waals surface area contributed by atoms with Crippen molar-refractivity contribution in [1.29, 1.82) is 0 Å². The predicted molar refractivity (Wildman–Crippen MR) is 99.1 cm³/mol. The number of carbonyl (C=O) groups excluding carboxylic acids is 1. The molecular formula is C21H15F2N3O2. The summed E-state index contributed by atoms with van der Waals surface area (Å²) < 4.78 is 34.7. The van der Waals surface area contributed by atoms with E-state index in [0.29, 0.717) is 11.3 Å². The molecule has 4 aromatic rings. The monoisotopic (exact) mass is 379 g/mol. The fourth-order valence-electron chi connectivity index (χ4n) is 2.86. The summed E-state index contributed by atoms with van der Waals surface area (Å²) in [4.78, 5) is 14.3. The number of rotatable bonds is 5. The Kier molecular flexibility index (Phi) is 4.72. The van der Waals surface area contributed by atoms with Crippen LogP contribution in [-0.4, -0.2) is 15.7 Å². The van der Waals surface area contributed by atoms with Crippen LogP contribution < -0.4 is 4.90 Å². The molecule has 7 heteroatoms. The first-order valence-corrected chi connectivity index (χ1v) is 8.51. The van der Waals surface area contributed by atoms with Gasteiger partial charge in [0, 0.05) is 24.0 Å². The van der Waals surface area contributed by atoms with Crippen LogP contribution in [-0.2, 0) is 6.54 Å². The number of amides is 1. The van der Waals surface area contributed by atoms with E-state index in [1.807, 2.05) is 0 Å². The second-order valence-electron chi connectivity index (χ2n) is 6.06. The molecule has 1 amide bonds. The first kappa shape index (κ1) is 17.7. The molecule has 0 atom stereocenters. The predicted octanol–water partition coefficient (Wildman–Crippen LogP) is 4.59. The van der Waals surface area contributed by atoms with Crippen molar-refractivity contribution >= 4 is 11.6 Å². The van der Waals surface area contributed by atoms with E-state index in [1.165, 1.54) is 17.2 Å². The number of carbonyl (C=O) groups is 1. The van der Waals surface area contributed by atoms with E-state index in [-0.39, 0.29) is 12.2 Å². The Morgan fingerprint density at radius 3 is 2.54 bits per heavy atom. The molecule has 2 heterocycles. The molecule has 0 aliphatic carbocycles. The summed E-state index contributed by atoms with van der Waals surface area (Å²) in [5.74, 6) is -1.50. The third-order valence-electron chi connectivity index (χ3n) is 4.22. The molecule has 2 aromatic heterocycles. The second kappa shape index (κ2) is 7.48. The number of nitrogens with zero attached hydrogens (tertiary/aromatic N) is 3. The zero-order chi connectivity index (χ0) is 19.5. The van der Waals surface area contributed by atoms with Crippen molar-refractivity contribution < 1.29 is 18.0 Å². The van der Waals surface area contributed by atoms with Gasteiger partial charge in [-0.05, 0) is 54.6 Å². The minimum atomic E-state index is -0.826. The van der Waals surface area contributed by atoms with Crippen molar-refractivity contribution in [1.82, 2.24) is 9.78 Å². The minimum Gasteiger partial charge on any atom is -0.467 e. The van der Waals surface area contributed by atoms with Gasteiger partial charge in [-0.15, -0.1) is 0 Å². The maximum atomic E-state index is 14.4. The summed E-state index contributed by atoms with van der Waals surface area (Å²) in [7, 11) is 0. The molecule has 0 radical (unpaired) electrons. The number of aromatic nitrogens is 2. The van der Waals surface area contributed by atoms with Crippen LogP contribution >= 0.6 is 0 Å². The lowest BCUT2D eigenvalue weighted by Crippen LogP contribution is -2.31. The van der Waals surface area contributed by atoms with Crippen molar-refractivity contribution in [2.45, 2.75) is 6.54 Å². The van der Waals surface area contributed by atoms with Gasteiger partial charge in [-0.25, -0.2) is 13.5 Å².